The zero-order valence-corrected chi connectivity index (χ0v) is 12.5. The molecule has 0 bridgehead atoms. The Bertz CT molecular complexity index is 502. The molecule has 0 aliphatic heterocycles. The Morgan fingerprint density at radius 2 is 1.60 bits per heavy atom. The molecule has 2 N–H and O–H groups in total. The van der Waals surface area contributed by atoms with E-state index in [4.69, 9.17) is 4.74 Å². The third kappa shape index (κ3) is 3.29. The summed E-state index contributed by atoms with van der Waals surface area (Å²) in [5, 5.41) is 12.1. The van der Waals surface area contributed by atoms with Crippen molar-refractivity contribution >= 4 is 11.9 Å². The molecule has 0 saturated heterocycles. The monoisotopic (exact) mass is 279 g/mol. The number of ether oxygens (including phenoxy) is 1. The van der Waals surface area contributed by atoms with Crippen LogP contribution in [0.2, 0.25) is 0 Å². The van der Waals surface area contributed by atoms with Gasteiger partial charge in [0.25, 0.3) is 0 Å². The average Bonchev–Trinajstić information content (AvgIpc) is 2.37. The lowest BCUT2D eigenvalue weighted by Crippen LogP contribution is -2.52. The molecule has 0 aliphatic rings. The molecule has 20 heavy (non-hydrogen) atoms. The molecule has 0 saturated carbocycles. The number of carbonyl (C=O) groups excluding carboxylic acids is 1. The van der Waals surface area contributed by atoms with Crippen LogP contribution in [0.15, 0.2) is 24.3 Å². The number of hydrogen-bond donors (Lipinski definition) is 2. The maximum absolute atomic E-state index is 12.1. The number of benzene rings is 1. The van der Waals surface area contributed by atoms with E-state index in [2.05, 4.69) is 5.32 Å². The lowest BCUT2D eigenvalue weighted by atomic mass is 9.88. The van der Waals surface area contributed by atoms with Crippen LogP contribution in [0, 0.1) is 5.41 Å². The van der Waals surface area contributed by atoms with Crippen molar-refractivity contribution in [3.8, 4) is 5.75 Å². The van der Waals surface area contributed by atoms with Crippen LogP contribution < -0.4 is 10.1 Å². The van der Waals surface area contributed by atoms with Gasteiger partial charge in [-0.2, -0.15) is 0 Å². The second-order valence-electron chi connectivity index (χ2n) is 5.86. The van der Waals surface area contributed by atoms with Gasteiger partial charge in [0.15, 0.2) is 5.54 Å². The second kappa shape index (κ2) is 5.53. The van der Waals surface area contributed by atoms with Crippen molar-refractivity contribution in [1.82, 2.24) is 5.32 Å². The molecule has 1 aromatic carbocycles. The van der Waals surface area contributed by atoms with Gasteiger partial charge in [-0.1, -0.05) is 32.9 Å². The summed E-state index contributed by atoms with van der Waals surface area (Å²) in [6.45, 7) is 6.68. The molecule has 1 rings (SSSR count). The van der Waals surface area contributed by atoms with Gasteiger partial charge in [0, 0.05) is 5.41 Å². The molecule has 0 unspecified atom stereocenters. The van der Waals surface area contributed by atoms with Gasteiger partial charge in [0.1, 0.15) is 5.75 Å². The summed E-state index contributed by atoms with van der Waals surface area (Å²) in [5.41, 5.74) is -1.65. The van der Waals surface area contributed by atoms with Crippen molar-refractivity contribution in [2.45, 2.75) is 33.2 Å². The molecule has 0 aromatic heterocycles. The average molecular weight is 279 g/mol. The second-order valence-corrected chi connectivity index (χ2v) is 5.86. The summed E-state index contributed by atoms with van der Waals surface area (Å²) in [6, 6.07) is 6.60. The summed E-state index contributed by atoms with van der Waals surface area (Å²) in [7, 11) is 1.53. The summed E-state index contributed by atoms with van der Waals surface area (Å²) in [6.07, 6.45) is 0. The number of carboxylic acids is 1. The van der Waals surface area contributed by atoms with E-state index in [0.717, 1.165) is 0 Å². The maximum atomic E-state index is 12.1. The Labute approximate surface area is 118 Å². The standard InChI is InChI=1S/C15H21NO4/c1-14(2,3)12(17)16-15(4,13(18)19)10-6-8-11(20-5)9-7-10/h6-9H,1-5H3,(H,16,17)(H,18,19)/t15-/m0/s1. The fourth-order valence-corrected chi connectivity index (χ4v) is 1.59. The normalized spacial score (nSPS) is 14.2. The summed E-state index contributed by atoms with van der Waals surface area (Å²) in [4.78, 5) is 23.7. The predicted molar refractivity (Wildman–Crippen MR) is 75.6 cm³/mol. The largest absolute Gasteiger partial charge is 0.497 e. The van der Waals surface area contributed by atoms with E-state index < -0.39 is 16.9 Å². The molecular weight excluding hydrogens is 258 g/mol. The van der Waals surface area contributed by atoms with Gasteiger partial charge in [0.2, 0.25) is 5.91 Å². The summed E-state index contributed by atoms with van der Waals surface area (Å²) < 4.78 is 5.04. The SMILES string of the molecule is COc1ccc([C@](C)(NC(=O)C(C)(C)C)C(=O)O)cc1. The lowest BCUT2D eigenvalue weighted by Gasteiger charge is -2.30. The maximum Gasteiger partial charge on any atom is 0.333 e. The smallest absolute Gasteiger partial charge is 0.333 e. The van der Waals surface area contributed by atoms with Crippen molar-refractivity contribution in [3.63, 3.8) is 0 Å². The molecule has 1 aromatic rings. The highest BCUT2D eigenvalue weighted by Crippen LogP contribution is 2.26. The van der Waals surface area contributed by atoms with Gasteiger partial charge >= 0.3 is 5.97 Å². The third-order valence-electron chi connectivity index (χ3n) is 3.14. The zero-order valence-electron chi connectivity index (χ0n) is 12.5. The van der Waals surface area contributed by atoms with E-state index in [1.807, 2.05) is 0 Å². The van der Waals surface area contributed by atoms with Crippen LogP contribution in [0.25, 0.3) is 0 Å². The minimum absolute atomic E-state index is 0.321. The molecule has 0 fully saturated rings. The van der Waals surface area contributed by atoms with Crippen molar-refractivity contribution in [3.05, 3.63) is 29.8 Å². The van der Waals surface area contributed by atoms with E-state index in [9.17, 15) is 14.7 Å². The van der Waals surface area contributed by atoms with Gasteiger partial charge < -0.3 is 15.2 Å². The fourth-order valence-electron chi connectivity index (χ4n) is 1.59. The zero-order chi connectivity index (χ0) is 15.6. The van der Waals surface area contributed by atoms with Crippen LogP contribution in [-0.2, 0) is 15.1 Å². The highest BCUT2D eigenvalue weighted by Gasteiger charge is 2.39. The number of carbonyl (C=O) groups is 2. The van der Waals surface area contributed by atoms with Crippen LogP contribution in [-0.4, -0.2) is 24.1 Å². The Morgan fingerprint density at radius 3 is 1.95 bits per heavy atom. The lowest BCUT2D eigenvalue weighted by molar-refractivity contribution is -0.148. The molecule has 110 valence electrons. The Morgan fingerprint density at radius 1 is 1.10 bits per heavy atom. The number of rotatable bonds is 4. The first-order chi connectivity index (χ1) is 9.11. The van der Waals surface area contributed by atoms with Crippen LogP contribution in [0.1, 0.15) is 33.3 Å². The molecule has 5 nitrogen and oxygen atoms in total. The molecule has 0 spiro atoms. The van der Waals surface area contributed by atoms with Gasteiger partial charge in [-0.3, -0.25) is 4.79 Å². The van der Waals surface area contributed by atoms with Gasteiger partial charge in [0.05, 0.1) is 7.11 Å². The van der Waals surface area contributed by atoms with E-state index in [1.54, 1.807) is 45.0 Å². The molecule has 1 amide bonds. The van der Waals surface area contributed by atoms with Crippen molar-refractivity contribution in [2.24, 2.45) is 5.41 Å². The molecule has 1 atom stereocenters. The molecular formula is C15H21NO4. The Balaban J connectivity index is 3.14. The van der Waals surface area contributed by atoms with Crippen LogP contribution >= 0.6 is 0 Å². The third-order valence-corrected chi connectivity index (χ3v) is 3.14. The number of methoxy groups -OCH3 is 1. The number of amides is 1. The number of nitrogens with one attached hydrogen (secondary N) is 1. The summed E-state index contributed by atoms with van der Waals surface area (Å²) in [5.74, 6) is -0.804. The number of aliphatic carboxylic acids is 1. The highest BCUT2D eigenvalue weighted by molar-refractivity contribution is 5.90. The van der Waals surface area contributed by atoms with E-state index >= 15 is 0 Å². The number of carboxylic acid groups (broad SMARTS) is 1. The molecule has 0 radical (unpaired) electrons. The van der Waals surface area contributed by atoms with Crippen LogP contribution in [0.5, 0.6) is 5.75 Å². The van der Waals surface area contributed by atoms with Gasteiger partial charge in [-0.15, -0.1) is 0 Å². The highest BCUT2D eigenvalue weighted by atomic mass is 16.5. The molecule has 0 aliphatic carbocycles. The quantitative estimate of drug-likeness (QED) is 0.885. The van der Waals surface area contributed by atoms with Gasteiger partial charge in [-0.05, 0) is 24.6 Å². The first kappa shape index (κ1) is 16.0. The van der Waals surface area contributed by atoms with Crippen LogP contribution in [0.4, 0.5) is 0 Å². The van der Waals surface area contributed by atoms with E-state index in [1.165, 1.54) is 14.0 Å². The minimum atomic E-state index is -1.48. The van der Waals surface area contributed by atoms with Crippen LogP contribution in [0.3, 0.4) is 0 Å². The fraction of sp³-hybridized carbons (Fsp3) is 0.467. The first-order valence-corrected chi connectivity index (χ1v) is 6.32. The first-order valence-electron chi connectivity index (χ1n) is 6.32. The van der Waals surface area contributed by atoms with E-state index in [-0.39, 0.29) is 5.91 Å². The predicted octanol–water partition coefficient (Wildman–Crippen LogP) is 2.16. The van der Waals surface area contributed by atoms with Crippen molar-refractivity contribution in [1.29, 1.82) is 0 Å². The molecule has 5 heteroatoms. The molecule has 0 heterocycles. The Hall–Kier alpha value is -2.04. The van der Waals surface area contributed by atoms with Crippen molar-refractivity contribution in [2.75, 3.05) is 7.11 Å². The van der Waals surface area contributed by atoms with Crippen molar-refractivity contribution < 1.29 is 19.4 Å². The summed E-state index contributed by atoms with van der Waals surface area (Å²) >= 11 is 0. The van der Waals surface area contributed by atoms with E-state index in [0.29, 0.717) is 11.3 Å². The topological polar surface area (TPSA) is 75.6 Å². The minimum Gasteiger partial charge on any atom is -0.497 e. The number of hydrogen-bond acceptors (Lipinski definition) is 3. The van der Waals surface area contributed by atoms with Gasteiger partial charge in [-0.25, -0.2) is 4.79 Å². The Kier molecular flexibility index (Phi) is 4.43.